The van der Waals surface area contributed by atoms with E-state index in [1.54, 1.807) is 18.2 Å². The van der Waals surface area contributed by atoms with Crippen LogP contribution in [0.15, 0.2) is 120 Å². The van der Waals surface area contributed by atoms with E-state index < -0.39 is 15.9 Å². The van der Waals surface area contributed by atoms with E-state index >= 15 is 0 Å². The molecule has 2 aromatic heterocycles. The Kier molecular flexibility index (Phi) is 12.5. The Labute approximate surface area is 292 Å². The molecule has 0 saturated heterocycles. The molecule has 2 heterocycles. The number of hydrogen-bond acceptors (Lipinski definition) is 10. The van der Waals surface area contributed by atoms with Crippen LogP contribution in [0, 0.1) is 0 Å². The van der Waals surface area contributed by atoms with Gasteiger partial charge in [0.2, 0.25) is 5.88 Å². The zero-order valence-electron chi connectivity index (χ0n) is 27.6. The van der Waals surface area contributed by atoms with Crippen LogP contribution in [0.4, 0.5) is 5.82 Å². The molecule has 0 saturated carbocycles. The fourth-order valence-electron chi connectivity index (χ4n) is 4.92. The summed E-state index contributed by atoms with van der Waals surface area (Å²) in [7, 11) is -4.12. The van der Waals surface area contributed by atoms with Crippen molar-refractivity contribution < 1.29 is 27.4 Å². The number of unbranched alkanes of at least 4 members (excludes halogenated alkanes) is 2. The summed E-state index contributed by atoms with van der Waals surface area (Å²) >= 11 is 0. The number of sulfonamides is 1. The molecule has 0 radical (unpaired) electrons. The van der Waals surface area contributed by atoms with Gasteiger partial charge >= 0.3 is 0 Å². The lowest BCUT2D eigenvalue weighted by Gasteiger charge is -2.12. The molecule has 0 fully saturated rings. The minimum atomic E-state index is -4.12. The van der Waals surface area contributed by atoms with E-state index in [0.29, 0.717) is 42.8 Å². The summed E-state index contributed by atoms with van der Waals surface area (Å²) in [6.45, 7) is 3.26. The molecule has 0 unspecified atom stereocenters. The third-order valence-corrected chi connectivity index (χ3v) is 8.75. The average molecular weight is 694 g/mol. The minimum Gasteiger partial charge on any atom is -0.493 e. The Hall–Kier alpha value is -5.72. The lowest BCUT2D eigenvalue weighted by atomic mass is 10.0. The number of hydrogen-bond donors (Lipinski definition) is 3. The first-order chi connectivity index (χ1) is 24.3. The number of nitrogen functional groups attached to an aromatic ring is 1. The molecular formula is C38H39N5O6S. The number of benzene rings is 3. The summed E-state index contributed by atoms with van der Waals surface area (Å²) in [6.07, 6.45) is 6.24. The van der Waals surface area contributed by atoms with E-state index in [0.717, 1.165) is 53.9 Å². The Bertz CT molecular complexity index is 1930. The van der Waals surface area contributed by atoms with E-state index in [1.807, 2.05) is 66.2 Å². The third kappa shape index (κ3) is 10.1. The van der Waals surface area contributed by atoms with Crippen molar-refractivity contribution in [2.45, 2.75) is 31.1 Å². The van der Waals surface area contributed by atoms with Crippen LogP contribution in [0.2, 0.25) is 0 Å². The van der Waals surface area contributed by atoms with Gasteiger partial charge in [-0.05, 0) is 73.7 Å². The Morgan fingerprint density at radius 1 is 0.800 bits per heavy atom. The molecule has 0 atom stereocenters. The average Bonchev–Trinajstić information content (AvgIpc) is 3.14. The molecule has 0 aliphatic rings. The monoisotopic (exact) mass is 693 g/mol. The zero-order chi connectivity index (χ0) is 35.2. The summed E-state index contributed by atoms with van der Waals surface area (Å²) in [5.74, 6) is 6.43. The second-order valence-corrected chi connectivity index (χ2v) is 12.7. The van der Waals surface area contributed by atoms with Crippen molar-refractivity contribution in [3.8, 4) is 39.8 Å². The maximum Gasteiger partial charge on any atom is 0.265 e. The van der Waals surface area contributed by atoms with Crippen LogP contribution in [0.3, 0.4) is 0 Å². The molecule has 0 aliphatic carbocycles. The van der Waals surface area contributed by atoms with Gasteiger partial charge in [0.1, 0.15) is 22.2 Å². The summed E-state index contributed by atoms with van der Waals surface area (Å²) in [5.41, 5.74) is 6.94. The van der Waals surface area contributed by atoms with Gasteiger partial charge in [0, 0.05) is 35.5 Å². The van der Waals surface area contributed by atoms with E-state index in [4.69, 9.17) is 25.0 Å². The molecule has 0 spiro atoms. The summed E-state index contributed by atoms with van der Waals surface area (Å²) in [4.78, 5) is 20.9. The molecule has 3 aromatic carbocycles. The number of ether oxygens (including phenoxy) is 3. The van der Waals surface area contributed by atoms with Gasteiger partial charge in [0.25, 0.3) is 15.9 Å². The van der Waals surface area contributed by atoms with Crippen LogP contribution in [-0.2, 0) is 14.8 Å². The van der Waals surface area contributed by atoms with Crippen molar-refractivity contribution in [2.24, 2.45) is 5.84 Å². The van der Waals surface area contributed by atoms with Crippen molar-refractivity contribution in [1.82, 2.24) is 14.7 Å². The fourth-order valence-corrected chi connectivity index (χ4v) is 5.81. The zero-order valence-corrected chi connectivity index (χ0v) is 28.4. The van der Waals surface area contributed by atoms with E-state index in [9.17, 15) is 13.2 Å². The van der Waals surface area contributed by atoms with Crippen molar-refractivity contribution in [3.05, 3.63) is 121 Å². The first-order valence-corrected chi connectivity index (χ1v) is 17.7. The van der Waals surface area contributed by atoms with E-state index in [1.165, 1.54) is 18.2 Å². The molecule has 1 amide bonds. The van der Waals surface area contributed by atoms with Gasteiger partial charge in [-0.3, -0.25) is 4.79 Å². The number of rotatable bonds is 17. The molecule has 4 N–H and O–H groups in total. The largest absolute Gasteiger partial charge is 0.493 e. The highest BCUT2D eigenvalue weighted by molar-refractivity contribution is 7.90. The summed E-state index contributed by atoms with van der Waals surface area (Å²) in [5, 5.41) is 0. The first-order valence-electron chi connectivity index (χ1n) is 16.2. The lowest BCUT2D eigenvalue weighted by molar-refractivity contribution is -0.114. The predicted octanol–water partition coefficient (Wildman–Crippen LogP) is 6.64. The maximum absolute atomic E-state index is 12.5. The van der Waals surface area contributed by atoms with Crippen LogP contribution in [0.5, 0.6) is 17.4 Å². The second-order valence-electron chi connectivity index (χ2n) is 11.0. The van der Waals surface area contributed by atoms with Crippen LogP contribution in [-0.4, -0.2) is 44.1 Å². The van der Waals surface area contributed by atoms with Crippen LogP contribution < -0.4 is 30.2 Å². The van der Waals surface area contributed by atoms with Gasteiger partial charge in [0.05, 0.1) is 25.5 Å². The van der Waals surface area contributed by atoms with E-state index in [2.05, 4.69) is 28.6 Å². The number of pyridine rings is 2. The van der Waals surface area contributed by atoms with Gasteiger partial charge in [-0.15, -0.1) is 0 Å². The Balaban J connectivity index is 1.10. The molecule has 5 aromatic rings. The number of amides is 1. The third-order valence-electron chi connectivity index (χ3n) is 7.41. The molecule has 11 nitrogen and oxygen atoms in total. The van der Waals surface area contributed by atoms with Gasteiger partial charge in [-0.1, -0.05) is 60.7 Å². The van der Waals surface area contributed by atoms with E-state index in [-0.39, 0.29) is 10.7 Å². The van der Waals surface area contributed by atoms with Crippen molar-refractivity contribution >= 4 is 27.8 Å². The highest BCUT2D eigenvalue weighted by Crippen LogP contribution is 2.29. The molecule has 50 heavy (non-hydrogen) atoms. The summed E-state index contributed by atoms with van der Waals surface area (Å²) < 4.78 is 44.9. The van der Waals surface area contributed by atoms with Crippen molar-refractivity contribution in [2.75, 3.05) is 25.2 Å². The number of nitrogens with zero attached hydrogens (tertiary/aromatic N) is 2. The van der Waals surface area contributed by atoms with Gasteiger partial charge in [0.15, 0.2) is 0 Å². The van der Waals surface area contributed by atoms with Gasteiger partial charge < -0.3 is 19.6 Å². The smallest absolute Gasteiger partial charge is 0.265 e. The quantitative estimate of drug-likeness (QED) is 0.0418. The topological polar surface area (TPSA) is 155 Å². The summed E-state index contributed by atoms with van der Waals surface area (Å²) in [6, 6.07) is 32.2. The number of carbonyl (C=O) groups excluding carboxylic acids is 1. The molecule has 5 rings (SSSR count). The van der Waals surface area contributed by atoms with Crippen molar-refractivity contribution in [1.29, 1.82) is 0 Å². The SMILES string of the molecule is CCOc1cc(OCCCCCOc2cc(-c3ccccc3)cc(-c3ccccc3)n2)ccc1C=CC(=O)NS(=O)(=O)c1ccc(NN)nc1. The van der Waals surface area contributed by atoms with Gasteiger partial charge in [-0.25, -0.2) is 29.0 Å². The highest BCUT2D eigenvalue weighted by atomic mass is 32.2. The normalized spacial score (nSPS) is 11.2. The van der Waals surface area contributed by atoms with Crippen LogP contribution in [0.1, 0.15) is 31.7 Å². The van der Waals surface area contributed by atoms with Gasteiger partial charge in [-0.2, -0.15) is 0 Å². The second kappa shape index (κ2) is 17.6. The first kappa shape index (κ1) is 35.6. The predicted molar refractivity (Wildman–Crippen MR) is 194 cm³/mol. The number of anilines is 1. The molecule has 258 valence electrons. The number of nitrogens with one attached hydrogen (secondary N) is 2. The molecule has 12 heteroatoms. The number of carbonyl (C=O) groups is 1. The molecular weight excluding hydrogens is 655 g/mol. The number of hydrazine groups is 1. The minimum absolute atomic E-state index is 0.176. The van der Waals surface area contributed by atoms with Crippen LogP contribution >= 0.6 is 0 Å². The fraction of sp³-hybridized carbons (Fsp3) is 0.184. The number of aromatic nitrogens is 2. The molecule has 0 aliphatic heterocycles. The standard InChI is InChI=1S/C38H39N5O6S/c1-2-47-35-26-32(18-16-30(35)17-21-37(44)43-50(45,46)33-19-20-36(42-39)40-27-33)48-22-10-5-11-23-49-38-25-31(28-12-6-3-7-13-28)24-34(41-38)29-14-8-4-9-15-29/h3-4,6-9,12-21,24-27H,2,5,10-11,22-23,39H2,1H3,(H,40,42)(H,43,44). The Morgan fingerprint density at radius 2 is 1.52 bits per heavy atom. The molecule has 0 bridgehead atoms. The number of nitrogens with two attached hydrogens (primary N) is 1. The Morgan fingerprint density at radius 3 is 2.20 bits per heavy atom. The van der Waals surface area contributed by atoms with Crippen molar-refractivity contribution in [3.63, 3.8) is 0 Å². The van der Waals surface area contributed by atoms with Crippen LogP contribution in [0.25, 0.3) is 28.5 Å². The maximum atomic E-state index is 12.5. The highest BCUT2D eigenvalue weighted by Gasteiger charge is 2.17. The lowest BCUT2D eigenvalue weighted by Crippen LogP contribution is -2.29.